The Morgan fingerprint density at radius 3 is 2.54 bits per heavy atom. The molecule has 0 aromatic rings. The van der Waals surface area contributed by atoms with Crippen LogP contribution in [0.3, 0.4) is 0 Å². The Morgan fingerprint density at radius 1 is 1.38 bits per heavy atom. The number of nitrogens with two attached hydrogens (primary N) is 1. The highest BCUT2D eigenvalue weighted by Crippen LogP contribution is 2.10. The van der Waals surface area contributed by atoms with Crippen molar-refractivity contribution in [3.05, 3.63) is 0 Å². The van der Waals surface area contributed by atoms with Gasteiger partial charge in [0.15, 0.2) is 0 Å². The van der Waals surface area contributed by atoms with Crippen LogP contribution in [0.5, 0.6) is 0 Å². The van der Waals surface area contributed by atoms with E-state index in [0.29, 0.717) is 0 Å². The summed E-state index contributed by atoms with van der Waals surface area (Å²) in [6, 6.07) is -0.0909. The molecule has 1 aliphatic heterocycles. The molecule has 0 amide bonds. The zero-order valence-corrected chi connectivity index (χ0v) is 8.02. The standard InChI is InChI=1S/C9H20N2O2/c10-8(7-12)1-4-11-5-2-9(13)3-6-11/h8-9,12-13H,1-7,10H2. The lowest BCUT2D eigenvalue weighted by Crippen LogP contribution is -2.39. The molecule has 0 spiro atoms. The molecule has 1 atom stereocenters. The third kappa shape index (κ3) is 4.04. The van der Waals surface area contributed by atoms with E-state index in [0.717, 1.165) is 38.9 Å². The summed E-state index contributed by atoms with van der Waals surface area (Å²) in [5.74, 6) is 0. The van der Waals surface area contributed by atoms with E-state index in [4.69, 9.17) is 10.8 Å². The first kappa shape index (κ1) is 10.9. The first-order valence-electron chi connectivity index (χ1n) is 4.99. The van der Waals surface area contributed by atoms with Gasteiger partial charge in [0.05, 0.1) is 12.7 Å². The molecule has 4 heteroatoms. The quantitative estimate of drug-likeness (QED) is 0.537. The zero-order valence-electron chi connectivity index (χ0n) is 8.02. The SMILES string of the molecule is NC(CO)CCN1CCC(O)CC1. The van der Waals surface area contributed by atoms with E-state index < -0.39 is 0 Å². The van der Waals surface area contributed by atoms with Crippen LogP contribution in [0.1, 0.15) is 19.3 Å². The van der Waals surface area contributed by atoms with Gasteiger partial charge in [-0.05, 0) is 25.8 Å². The highest BCUT2D eigenvalue weighted by atomic mass is 16.3. The summed E-state index contributed by atoms with van der Waals surface area (Å²) in [4.78, 5) is 2.29. The summed E-state index contributed by atoms with van der Waals surface area (Å²) >= 11 is 0. The highest BCUT2D eigenvalue weighted by molar-refractivity contribution is 4.72. The van der Waals surface area contributed by atoms with Crippen LogP contribution in [-0.4, -0.2) is 53.5 Å². The van der Waals surface area contributed by atoms with Gasteiger partial charge in [-0.25, -0.2) is 0 Å². The van der Waals surface area contributed by atoms with E-state index in [-0.39, 0.29) is 18.8 Å². The van der Waals surface area contributed by atoms with Crippen LogP contribution in [-0.2, 0) is 0 Å². The van der Waals surface area contributed by atoms with Crippen LogP contribution in [0.25, 0.3) is 0 Å². The normalized spacial score (nSPS) is 23.3. The van der Waals surface area contributed by atoms with Gasteiger partial charge in [-0.1, -0.05) is 0 Å². The number of aliphatic hydroxyl groups is 2. The minimum Gasteiger partial charge on any atom is -0.395 e. The molecule has 0 radical (unpaired) electrons. The van der Waals surface area contributed by atoms with Gasteiger partial charge in [-0.15, -0.1) is 0 Å². The average molecular weight is 188 g/mol. The van der Waals surface area contributed by atoms with Gasteiger partial charge in [-0.2, -0.15) is 0 Å². The molecular formula is C9H20N2O2. The minimum atomic E-state index is -0.109. The minimum absolute atomic E-state index is 0.0659. The molecule has 0 aromatic carbocycles. The first-order valence-corrected chi connectivity index (χ1v) is 4.99. The number of likely N-dealkylation sites (tertiary alicyclic amines) is 1. The van der Waals surface area contributed by atoms with Crippen molar-refractivity contribution in [1.82, 2.24) is 4.90 Å². The number of nitrogens with zero attached hydrogens (tertiary/aromatic N) is 1. The fourth-order valence-electron chi connectivity index (χ4n) is 1.58. The number of rotatable bonds is 4. The van der Waals surface area contributed by atoms with Gasteiger partial charge in [0.25, 0.3) is 0 Å². The van der Waals surface area contributed by atoms with Crippen molar-refractivity contribution in [2.24, 2.45) is 5.73 Å². The van der Waals surface area contributed by atoms with Crippen molar-refractivity contribution in [2.75, 3.05) is 26.2 Å². The molecule has 1 unspecified atom stereocenters. The van der Waals surface area contributed by atoms with E-state index >= 15 is 0 Å². The molecule has 1 fully saturated rings. The molecule has 0 saturated carbocycles. The number of piperidine rings is 1. The molecule has 1 heterocycles. The van der Waals surface area contributed by atoms with Gasteiger partial charge in [0.2, 0.25) is 0 Å². The molecule has 1 saturated heterocycles. The maximum Gasteiger partial charge on any atom is 0.0583 e. The number of hydrogen-bond donors (Lipinski definition) is 3. The van der Waals surface area contributed by atoms with Crippen molar-refractivity contribution >= 4 is 0 Å². The Hall–Kier alpha value is -0.160. The lowest BCUT2D eigenvalue weighted by Gasteiger charge is -2.29. The van der Waals surface area contributed by atoms with Gasteiger partial charge in [-0.3, -0.25) is 0 Å². The zero-order chi connectivity index (χ0) is 9.68. The maximum absolute atomic E-state index is 9.26. The molecule has 4 N–H and O–H groups in total. The van der Waals surface area contributed by atoms with E-state index in [2.05, 4.69) is 4.90 Å². The predicted octanol–water partition coefficient (Wildman–Crippen LogP) is -0.847. The summed E-state index contributed by atoms with van der Waals surface area (Å²) in [5.41, 5.74) is 5.59. The second-order valence-corrected chi connectivity index (χ2v) is 3.80. The van der Waals surface area contributed by atoms with Crippen LogP contribution in [0, 0.1) is 0 Å². The third-order valence-electron chi connectivity index (χ3n) is 2.61. The fourth-order valence-corrected chi connectivity index (χ4v) is 1.58. The van der Waals surface area contributed by atoms with Crippen LogP contribution >= 0.6 is 0 Å². The van der Waals surface area contributed by atoms with Crippen LogP contribution in [0.4, 0.5) is 0 Å². The second-order valence-electron chi connectivity index (χ2n) is 3.80. The Kier molecular flexibility index (Phi) is 4.66. The Bertz CT molecular complexity index is 136. The molecular weight excluding hydrogens is 168 g/mol. The Labute approximate surface area is 79.3 Å². The fraction of sp³-hybridized carbons (Fsp3) is 1.00. The number of aliphatic hydroxyl groups excluding tert-OH is 2. The summed E-state index contributed by atoms with van der Waals surface area (Å²) in [7, 11) is 0. The second kappa shape index (κ2) is 5.54. The largest absolute Gasteiger partial charge is 0.395 e. The average Bonchev–Trinajstić information content (AvgIpc) is 2.16. The molecule has 0 aromatic heterocycles. The lowest BCUT2D eigenvalue weighted by molar-refractivity contribution is 0.0800. The van der Waals surface area contributed by atoms with Crippen molar-refractivity contribution in [3.63, 3.8) is 0 Å². The third-order valence-corrected chi connectivity index (χ3v) is 2.61. The van der Waals surface area contributed by atoms with Gasteiger partial charge in [0, 0.05) is 19.1 Å². The Morgan fingerprint density at radius 2 is 2.00 bits per heavy atom. The van der Waals surface area contributed by atoms with Gasteiger partial charge < -0.3 is 20.8 Å². The van der Waals surface area contributed by atoms with Crippen LogP contribution in [0.15, 0.2) is 0 Å². The molecule has 0 aliphatic carbocycles. The van der Waals surface area contributed by atoms with Gasteiger partial charge in [0.1, 0.15) is 0 Å². The van der Waals surface area contributed by atoms with Crippen molar-refractivity contribution in [3.8, 4) is 0 Å². The van der Waals surface area contributed by atoms with Crippen LogP contribution in [0.2, 0.25) is 0 Å². The lowest BCUT2D eigenvalue weighted by atomic mass is 10.1. The Balaban J connectivity index is 2.08. The maximum atomic E-state index is 9.26. The topological polar surface area (TPSA) is 69.7 Å². The highest BCUT2D eigenvalue weighted by Gasteiger charge is 2.16. The smallest absolute Gasteiger partial charge is 0.0583 e. The summed E-state index contributed by atoms with van der Waals surface area (Å²) < 4.78 is 0. The van der Waals surface area contributed by atoms with Crippen molar-refractivity contribution < 1.29 is 10.2 Å². The number of hydrogen-bond acceptors (Lipinski definition) is 4. The van der Waals surface area contributed by atoms with E-state index in [1.807, 2.05) is 0 Å². The molecule has 1 aliphatic rings. The van der Waals surface area contributed by atoms with Crippen molar-refractivity contribution in [1.29, 1.82) is 0 Å². The molecule has 0 bridgehead atoms. The molecule has 1 rings (SSSR count). The summed E-state index contributed by atoms with van der Waals surface area (Å²) in [6.07, 6.45) is 2.47. The van der Waals surface area contributed by atoms with Gasteiger partial charge >= 0.3 is 0 Å². The van der Waals surface area contributed by atoms with Crippen molar-refractivity contribution in [2.45, 2.75) is 31.4 Å². The summed E-state index contributed by atoms with van der Waals surface area (Å²) in [6.45, 7) is 2.92. The summed E-state index contributed by atoms with van der Waals surface area (Å²) in [5, 5.41) is 18.0. The van der Waals surface area contributed by atoms with E-state index in [1.54, 1.807) is 0 Å². The molecule has 13 heavy (non-hydrogen) atoms. The monoisotopic (exact) mass is 188 g/mol. The first-order chi connectivity index (χ1) is 6.22. The van der Waals surface area contributed by atoms with Crippen LogP contribution < -0.4 is 5.73 Å². The molecule has 4 nitrogen and oxygen atoms in total. The van der Waals surface area contributed by atoms with E-state index in [1.165, 1.54) is 0 Å². The predicted molar refractivity (Wildman–Crippen MR) is 51.4 cm³/mol. The van der Waals surface area contributed by atoms with E-state index in [9.17, 15) is 5.11 Å². The molecule has 78 valence electrons.